The van der Waals surface area contributed by atoms with Gasteiger partial charge in [0.15, 0.2) is 5.13 Å². The van der Waals surface area contributed by atoms with Gasteiger partial charge >= 0.3 is 5.91 Å². The summed E-state index contributed by atoms with van der Waals surface area (Å²) in [6.07, 6.45) is 0. The standard InChI is InChI=1S/C31H30N2O4S/c1-6-37-22-14-10-20(11-15-22)27(34)25-26(19-8-12-21(13-9-19)31(3,4)5)33(29(36)28(25)35)30-32-23-16-7-18(2)17-24(23)38-30/h7-17,26,34H,6H2,1-5H3. The monoisotopic (exact) mass is 526 g/mol. The number of thiazole rings is 1. The van der Waals surface area contributed by atoms with E-state index in [1.165, 1.54) is 16.2 Å². The number of carbonyl (C=O) groups excluding carboxylic acids is 2. The lowest BCUT2D eigenvalue weighted by Gasteiger charge is -2.24. The van der Waals surface area contributed by atoms with E-state index in [1.807, 2.05) is 56.3 Å². The number of amides is 1. The van der Waals surface area contributed by atoms with Crippen LogP contribution in [0.5, 0.6) is 5.75 Å². The van der Waals surface area contributed by atoms with Gasteiger partial charge in [-0.05, 0) is 72.4 Å². The second kappa shape index (κ2) is 9.72. The van der Waals surface area contributed by atoms with Gasteiger partial charge in [0.1, 0.15) is 11.5 Å². The summed E-state index contributed by atoms with van der Waals surface area (Å²) in [4.78, 5) is 33.1. The third-order valence-electron chi connectivity index (χ3n) is 6.71. The zero-order chi connectivity index (χ0) is 27.2. The first-order valence-corrected chi connectivity index (χ1v) is 13.4. The largest absolute Gasteiger partial charge is 0.507 e. The Hall–Kier alpha value is -3.97. The Bertz CT molecular complexity index is 1560. The molecule has 1 atom stereocenters. The number of hydrogen-bond donors (Lipinski definition) is 1. The highest BCUT2D eigenvalue weighted by Crippen LogP contribution is 2.44. The molecule has 1 fully saturated rings. The minimum Gasteiger partial charge on any atom is -0.507 e. The third-order valence-corrected chi connectivity index (χ3v) is 7.73. The molecule has 0 spiro atoms. The fraction of sp³-hybridized carbons (Fsp3) is 0.258. The van der Waals surface area contributed by atoms with Crippen LogP contribution in [-0.4, -0.2) is 28.4 Å². The van der Waals surface area contributed by atoms with E-state index in [9.17, 15) is 14.7 Å². The quantitative estimate of drug-likeness (QED) is 0.173. The van der Waals surface area contributed by atoms with Crippen molar-refractivity contribution in [3.05, 3.63) is 94.6 Å². The van der Waals surface area contributed by atoms with Crippen LogP contribution in [0.15, 0.2) is 72.3 Å². The van der Waals surface area contributed by atoms with Gasteiger partial charge in [0.25, 0.3) is 5.78 Å². The number of ether oxygens (including phenoxy) is 1. The lowest BCUT2D eigenvalue weighted by molar-refractivity contribution is -0.132. The van der Waals surface area contributed by atoms with Crippen molar-refractivity contribution in [3.8, 4) is 5.75 Å². The highest BCUT2D eigenvalue weighted by atomic mass is 32.1. The number of aromatic nitrogens is 1. The number of fused-ring (bicyclic) bond motifs is 1. The molecule has 194 valence electrons. The van der Waals surface area contributed by atoms with Crippen LogP contribution < -0.4 is 9.64 Å². The molecule has 0 saturated carbocycles. The topological polar surface area (TPSA) is 79.7 Å². The van der Waals surface area contributed by atoms with Crippen molar-refractivity contribution in [2.45, 2.75) is 46.1 Å². The van der Waals surface area contributed by atoms with Crippen LogP contribution in [0.25, 0.3) is 16.0 Å². The lowest BCUT2D eigenvalue weighted by atomic mass is 9.85. The summed E-state index contributed by atoms with van der Waals surface area (Å²) in [7, 11) is 0. The van der Waals surface area contributed by atoms with Gasteiger partial charge < -0.3 is 9.84 Å². The number of aliphatic hydroxyl groups excluding tert-OH is 1. The molecule has 0 aliphatic carbocycles. The predicted molar refractivity (Wildman–Crippen MR) is 152 cm³/mol. The van der Waals surface area contributed by atoms with Crippen LogP contribution in [0.4, 0.5) is 5.13 Å². The Morgan fingerprint density at radius 1 is 1.03 bits per heavy atom. The maximum Gasteiger partial charge on any atom is 0.301 e. The molecule has 4 aromatic rings. The van der Waals surface area contributed by atoms with Crippen LogP contribution in [-0.2, 0) is 15.0 Å². The summed E-state index contributed by atoms with van der Waals surface area (Å²) >= 11 is 1.36. The molecule has 6 nitrogen and oxygen atoms in total. The van der Waals surface area contributed by atoms with Crippen molar-refractivity contribution in [2.75, 3.05) is 11.5 Å². The van der Waals surface area contributed by atoms with Crippen molar-refractivity contribution in [3.63, 3.8) is 0 Å². The number of Topliss-reactive ketones (excluding diaryl/α,β-unsaturated/α-hetero) is 1. The number of carbonyl (C=O) groups is 2. The first-order chi connectivity index (χ1) is 18.1. The molecule has 1 aliphatic rings. The molecule has 1 saturated heterocycles. The fourth-order valence-electron chi connectivity index (χ4n) is 4.66. The highest BCUT2D eigenvalue weighted by Gasteiger charge is 2.48. The van der Waals surface area contributed by atoms with Gasteiger partial charge in [0.05, 0.1) is 28.4 Å². The van der Waals surface area contributed by atoms with Crippen LogP contribution >= 0.6 is 11.3 Å². The van der Waals surface area contributed by atoms with Gasteiger partial charge in [0, 0.05) is 5.56 Å². The normalized spacial score (nSPS) is 17.4. The van der Waals surface area contributed by atoms with E-state index in [0.717, 1.165) is 26.9 Å². The maximum absolute atomic E-state index is 13.5. The summed E-state index contributed by atoms with van der Waals surface area (Å²) < 4.78 is 6.44. The summed E-state index contributed by atoms with van der Waals surface area (Å²) in [6.45, 7) is 10.8. The van der Waals surface area contributed by atoms with Gasteiger partial charge in [-0.25, -0.2) is 4.98 Å². The Kier molecular flexibility index (Phi) is 6.57. The average Bonchev–Trinajstić information content (AvgIpc) is 3.41. The van der Waals surface area contributed by atoms with Crippen LogP contribution in [0.3, 0.4) is 0 Å². The number of aryl methyl sites for hydroxylation is 1. The van der Waals surface area contributed by atoms with Gasteiger partial charge in [-0.15, -0.1) is 0 Å². The first kappa shape index (κ1) is 25.7. The van der Waals surface area contributed by atoms with Crippen molar-refractivity contribution in [2.24, 2.45) is 0 Å². The molecule has 1 aromatic heterocycles. The third kappa shape index (κ3) is 4.58. The molecule has 5 rings (SSSR count). The van der Waals surface area contributed by atoms with E-state index in [1.54, 1.807) is 24.3 Å². The summed E-state index contributed by atoms with van der Waals surface area (Å²) in [5.41, 5.74) is 4.10. The van der Waals surface area contributed by atoms with Crippen molar-refractivity contribution in [1.82, 2.24) is 4.98 Å². The summed E-state index contributed by atoms with van der Waals surface area (Å²) in [6, 6.07) is 19.8. The lowest BCUT2D eigenvalue weighted by Crippen LogP contribution is -2.29. The molecule has 1 amide bonds. The number of rotatable bonds is 5. The number of aliphatic hydroxyl groups is 1. The van der Waals surface area contributed by atoms with E-state index >= 15 is 0 Å². The SMILES string of the molecule is CCOc1ccc(C(O)=C2C(=O)C(=O)N(c3nc4ccc(C)cc4s3)C2c2ccc(C(C)(C)C)cc2)cc1. The number of nitrogens with zero attached hydrogens (tertiary/aromatic N) is 2. The Morgan fingerprint density at radius 3 is 2.34 bits per heavy atom. The Morgan fingerprint density at radius 2 is 1.71 bits per heavy atom. The molecule has 3 aromatic carbocycles. The number of ketones is 1. The van der Waals surface area contributed by atoms with Crippen LogP contribution in [0.1, 0.15) is 56.0 Å². The van der Waals surface area contributed by atoms with E-state index in [2.05, 4.69) is 20.8 Å². The molecule has 2 heterocycles. The van der Waals surface area contributed by atoms with Crippen LogP contribution in [0, 0.1) is 6.92 Å². The van der Waals surface area contributed by atoms with E-state index in [-0.39, 0.29) is 16.7 Å². The van der Waals surface area contributed by atoms with Gasteiger partial charge in [-0.2, -0.15) is 0 Å². The van der Waals surface area contributed by atoms with Crippen LogP contribution in [0.2, 0.25) is 0 Å². The second-order valence-electron chi connectivity index (χ2n) is 10.5. The van der Waals surface area contributed by atoms with Crippen molar-refractivity contribution in [1.29, 1.82) is 0 Å². The zero-order valence-corrected chi connectivity index (χ0v) is 22.9. The summed E-state index contributed by atoms with van der Waals surface area (Å²) in [5, 5.41) is 11.8. The zero-order valence-electron chi connectivity index (χ0n) is 22.1. The highest BCUT2D eigenvalue weighted by molar-refractivity contribution is 7.22. The molecular weight excluding hydrogens is 496 g/mol. The molecule has 0 bridgehead atoms. The molecule has 1 unspecified atom stereocenters. The maximum atomic E-state index is 13.5. The minimum absolute atomic E-state index is 0.0399. The van der Waals surface area contributed by atoms with E-state index in [0.29, 0.717) is 23.1 Å². The molecule has 1 N–H and O–H groups in total. The Labute approximate surface area is 226 Å². The number of anilines is 1. The number of benzene rings is 3. The molecule has 38 heavy (non-hydrogen) atoms. The average molecular weight is 527 g/mol. The number of hydrogen-bond acceptors (Lipinski definition) is 6. The fourth-order valence-corrected chi connectivity index (χ4v) is 5.75. The van der Waals surface area contributed by atoms with Crippen molar-refractivity contribution < 1.29 is 19.4 Å². The van der Waals surface area contributed by atoms with Gasteiger partial charge in [0.2, 0.25) is 0 Å². The molecule has 1 aliphatic heterocycles. The van der Waals surface area contributed by atoms with E-state index < -0.39 is 17.7 Å². The second-order valence-corrected chi connectivity index (χ2v) is 11.5. The molecule has 7 heteroatoms. The first-order valence-electron chi connectivity index (χ1n) is 12.6. The molecular formula is C31H30N2O4S. The van der Waals surface area contributed by atoms with Crippen molar-refractivity contribution >= 4 is 44.1 Å². The van der Waals surface area contributed by atoms with Gasteiger partial charge in [-0.1, -0.05) is 62.4 Å². The smallest absolute Gasteiger partial charge is 0.301 e. The predicted octanol–water partition coefficient (Wildman–Crippen LogP) is 6.93. The summed E-state index contributed by atoms with van der Waals surface area (Å²) in [5.74, 6) is -1.02. The Balaban J connectivity index is 1.68. The minimum atomic E-state index is -0.822. The van der Waals surface area contributed by atoms with E-state index in [4.69, 9.17) is 9.72 Å². The van der Waals surface area contributed by atoms with Gasteiger partial charge in [-0.3, -0.25) is 14.5 Å². The molecule has 0 radical (unpaired) electrons.